The lowest BCUT2D eigenvalue weighted by Crippen LogP contribution is -2.45. The lowest BCUT2D eigenvalue weighted by atomic mass is 10.1. The Labute approximate surface area is 151 Å². The molecule has 26 heavy (non-hydrogen) atoms. The number of hydrogen-bond donors (Lipinski definition) is 1. The Bertz CT molecular complexity index is 907. The molecular formula is C20H19N3O3. The predicted octanol–water partition coefficient (Wildman–Crippen LogP) is 2.47. The van der Waals surface area contributed by atoms with E-state index in [1.807, 2.05) is 66.3 Å². The highest BCUT2D eigenvalue weighted by molar-refractivity contribution is 5.82. The highest BCUT2D eigenvalue weighted by Crippen LogP contribution is 2.31. The molecule has 3 aromatic rings. The van der Waals surface area contributed by atoms with E-state index in [1.165, 1.54) is 0 Å². The molecule has 2 atom stereocenters. The molecule has 0 saturated carbocycles. The number of carbonyl (C=O) groups excluding carboxylic acids is 1. The molecule has 6 heteroatoms. The summed E-state index contributed by atoms with van der Waals surface area (Å²) in [7, 11) is 1.90. The number of nitrogens with zero attached hydrogens (tertiary/aromatic N) is 2. The van der Waals surface area contributed by atoms with Gasteiger partial charge >= 0.3 is 0 Å². The van der Waals surface area contributed by atoms with E-state index in [0.29, 0.717) is 11.5 Å². The summed E-state index contributed by atoms with van der Waals surface area (Å²) in [6, 6.07) is 16.7. The van der Waals surface area contributed by atoms with E-state index in [0.717, 1.165) is 11.4 Å². The van der Waals surface area contributed by atoms with E-state index in [-0.39, 0.29) is 18.6 Å². The summed E-state index contributed by atoms with van der Waals surface area (Å²) in [5.41, 5.74) is 0.951. The fourth-order valence-corrected chi connectivity index (χ4v) is 2.98. The van der Waals surface area contributed by atoms with Gasteiger partial charge in [-0.05, 0) is 17.7 Å². The first-order valence-electron chi connectivity index (χ1n) is 8.43. The number of aryl methyl sites for hydroxylation is 1. The number of fused-ring (bicyclic) bond motifs is 1. The largest absolute Gasteiger partial charge is 0.485 e. The van der Waals surface area contributed by atoms with Crippen molar-refractivity contribution in [3.05, 3.63) is 78.4 Å². The van der Waals surface area contributed by atoms with E-state index in [9.17, 15) is 4.79 Å². The molecule has 0 aliphatic carbocycles. The van der Waals surface area contributed by atoms with Crippen LogP contribution in [-0.2, 0) is 11.8 Å². The molecule has 4 rings (SSSR count). The maximum atomic E-state index is 12.8. The van der Waals surface area contributed by atoms with Gasteiger partial charge in [-0.2, -0.15) is 0 Å². The minimum Gasteiger partial charge on any atom is -0.485 e. The van der Waals surface area contributed by atoms with Gasteiger partial charge in [0.25, 0.3) is 5.91 Å². The average Bonchev–Trinajstić information content (AvgIpc) is 3.12. The Morgan fingerprint density at radius 2 is 1.88 bits per heavy atom. The van der Waals surface area contributed by atoms with Crippen LogP contribution in [0.1, 0.15) is 17.4 Å². The van der Waals surface area contributed by atoms with Crippen LogP contribution in [0.5, 0.6) is 11.5 Å². The molecule has 0 spiro atoms. The van der Waals surface area contributed by atoms with Crippen LogP contribution in [-0.4, -0.2) is 28.2 Å². The Hall–Kier alpha value is -3.28. The molecule has 1 aliphatic rings. The van der Waals surface area contributed by atoms with Gasteiger partial charge in [0.05, 0.1) is 0 Å². The van der Waals surface area contributed by atoms with Gasteiger partial charge in [0.15, 0.2) is 11.5 Å². The second-order valence-corrected chi connectivity index (χ2v) is 6.11. The lowest BCUT2D eigenvalue weighted by Gasteiger charge is -2.27. The maximum Gasteiger partial charge on any atom is 0.265 e. The number of hydrogen-bond acceptors (Lipinski definition) is 4. The minimum atomic E-state index is -0.712. The van der Waals surface area contributed by atoms with E-state index in [2.05, 4.69) is 10.3 Å². The quantitative estimate of drug-likeness (QED) is 0.786. The number of rotatable bonds is 4. The van der Waals surface area contributed by atoms with Crippen molar-refractivity contribution in [1.29, 1.82) is 0 Å². The third-order valence-electron chi connectivity index (χ3n) is 4.34. The van der Waals surface area contributed by atoms with E-state index in [1.54, 1.807) is 12.3 Å². The SMILES string of the molecule is Cn1ccnc1[C@@H](NC(=O)[C@H]1COc2ccccc2O1)c1ccccc1. The first-order valence-corrected chi connectivity index (χ1v) is 8.43. The number of amides is 1. The summed E-state index contributed by atoms with van der Waals surface area (Å²) >= 11 is 0. The summed E-state index contributed by atoms with van der Waals surface area (Å²) in [5.74, 6) is 1.74. The summed E-state index contributed by atoms with van der Waals surface area (Å²) < 4.78 is 13.4. The molecule has 1 aromatic heterocycles. The molecule has 0 unspecified atom stereocenters. The first kappa shape index (κ1) is 16.2. The smallest absolute Gasteiger partial charge is 0.265 e. The third kappa shape index (κ3) is 3.13. The first-order chi connectivity index (χ1) is 12.7. The van der Waals surface area contributed by atoms with Gasteiger partial charge in [0.2, 0.25) is 6.10 Å². The molecule has 1 amide bonds. The number of imidazole rings is 1. The molecule has 0 bridgehead atoms. The number of ether oxygens (including phenoxy) is 2. The van der Waals surface area contributed by atoms with E-state index < -0.39 is 6.10 Å². The van der Waals surface area contributed by atoms with Crippen LogP contribution in [0, 0.1) is 0 Å². The highest BCUT2D eigenvalue weighted by atomic mass is 16.6. The Kier molecular flexibility index (Phi) is 4.31. The molecule has 1 aliphatic heterocycles. The van der Waals surface area contributed by atoms with Crippen molar-refractivity contribution in [3.8, 4) is 11.5 Å². The monoisotopic (exact) mass is 349 g/mol. The number of carbonyl (C=O) groups is 1. The van der Waals surface area contributed by atoms with Gasteiger partial charge in [0, 0.05) is 19.4 Å². The Morgan fingerprint density at radius 3 is 2.62 bits per heavy atom. The number of aromatic nitrogens is 2. The zero-order valence-electron chi connectivity index (χ0n) is 14.3. The van der Waals surface area contributed by atoms with Gasteiger partial charge in [-0.3, -0.25) is 4.79 Å². The van der Waals surface area contributed by atoms with Gasteiger partial charge in [0.1, 0.15) is 18.5 Å². The standard InChI is InChI=1S/C20H19N3O3/c1-23-12-11-21-19(23)18(14-7-3-2-4-8-14)22-20(24)17-13-25-15-9-5-6-10-16(15)26-17/h2-12,17-18H,13H2,1H3,(H,22,24)/t17-,18+/m1/s1. The summed E-state index contributed by atoms with van der Waals surface area (Å²) in [6.07, 6.45) is 2.86. The van der Waals surface area contributed by atoms with Crippen molar-refractivity contribution in [2.45, 2.75) is 12.1 Å². The summed E-state index contributed by atoms with van der Waals surface area (Å²) in [5, 5.41) is 3.05. The molecule has 132 valence electrons. The minimum absolute atomic E-state index is 0.172. The highest BCUT2D eigenvalue weighted by Gasteiger charge is 2.30. The molecule has 2 aromatic carbocycles. The van der Waals surface area contributed by atoms with Crippen molar-refractivity contribution < 1.29 is 14.3 Å². The summed E-state index contributed by atoms with van der Waals surface area (Å²) in [6.45, 7) is 0.172. The van der Waals surface area contributed by atoms with Crippen molar-refractivity contribution in [2.24, 2.45) is 7.05 Å². The van der Waals surface area contributed by atoms with Gasteiger partial charge in [-0.1, -0.05) is 42.5 Å². The van der Waals surface area contributed by atoms with Crippen molar-refractivity contribution >= 4 is 5.91 Å². The molecule has 0 fully saturated rings. The normalized spacial score (nSPS) is 16.7. The van der Waals surface area contributed by atoms with Crippen LogP contribution in [0.3, 0.4) is 0 Å². The molecule has 2 heterocycles. The third-order valence-corrected chi connectivity index (χ3v) is 4.34. The zero-order valence-corrected chi connectivity index (χ0v) is 14.3. The second kappa shape index (κ2) is 6.92. The number of nitrogens with one attached hydrogen (secondary N) is 1. The average molecular weight is 349 g/mol. The zero-order chi connectivity index (χ0) is 17.9. The van der Waals surface area contributed by atoms with Crippen molar-refractivity contribution in [1.82, 2.24) is 14.9 Å². The summed E-state index contributed by atoms with van der Waals surface area (Å²) in [4.78, 5) is 17.2. The van der Waals surface area contributed by atoms with Crippen LogP contribution in [0.15, 0.2) is 67.0 Å². The topological polar surface area (TPSA) is 65.4 Å². The van der Waals surface area contributed by atoms with Crippen molar-refractivity contribution in [3.63, 3.8) is 0 Å². The van der Waals surface area contributed by atoms with Crippen LogP contribution < -0.4 is 14.8 Å². The molecule has 1 N–H and O–H groups in total. The molecule has 0 radical (unpaired) electrons. The maximum absolute atomic E-state index is 12.8. The van der Waals surface area contributed by atoms with Gasteiger partial charge < -0.3 is 19.4 Å². The lowest BCUT2D eigenvalue weighted by molar-refractivity contribution is -0.130. The fourth-order valence-electron chi connectivity index (χ4n) is 2.98. The Balaban J connectivity index is 1.57. The molecule has 0 saturated heterocycles. The van der Waals surface area contributed by atoms with E-state index in [4.69, 9.17) is 9.47 Å². The Morgan fingerprint density at radius 1 is 1.15 bits per heavy atom. The number of para-hydroxylation sites is 2. The van der Waals surface area contributed by atoms with Gasteiger partial charge in [-0.15, -0.1) is 0 Å². The molecular weight excluding hydrogens is 330 g/mol. The number of benzene rings is 2. The van der Waals surface area contributed by atoms with Crippen LogP contribution in [0.2, 0.25) is 0 Å². The molecule has 6 nitrogen and oxygen atoms in total. The van der Waals surface area contributed by atoms with Crippen LogP contribution in [0.4, 0.5) is 0 Å². The van der Waals surface area contributed by atoms with Crippen LogP contribution in [0.25, 0.3) is 0 Å². The van der Waals surface area contributed by atoms with Crippen molar-refractivity contribution in [2.75, 3.05) is 6.61 Å². The second-order valence-electron chi connectivity index (χ2n) is 6.11. The van der Waals surface area contributed by atoms with E-state index >= 15 is 0 Å². The van der Waals surface area contributed by atoms with Crippen LogP contribution >= 0.6 is 0 Å². The fraction of sp³-hybridized carbons (Fsp3) is 0.200. The van der Waals surface area contributed by atoms with Gasteiger partial charge in [-0.25, -0.2) is 4.98 Å². The predicted molar refractivity (Wildman–Crippen MR) is 96.0 cm³/mol.